The molecule has 6 heteroatoms. The van der Waals surface area contributed by atoms with E-state index < -0.39 is 23.9 Å². The lowest BCUT2D eigenvalue weighted by Crippen LogP contribution is -2.39. The summed E-state index contributed by atoms with van der Waals surface area (Å²) >= 11 is 0. The highest BCUT2D eigenvalue weighted by atomic mass is 16.5. The van der Waals surface area contributed by atoms with Crippen LogP contribution in [0.4, 0.5) is 0 Å². The van der Waals surface area contributed by atoms with Crippen LogP contribution >= 0.6 is 0 Å². The third kappa shape index (κ3) is 5.66. The highest BCUT2D eigenvalue weighted by Crippen LogP contribution is 1.94. The van der Waals surface area contributed by atoms with Crippen LogP contribution in [-0.2, 0) is 23.9 Å². The van der Waals surface area contributed by atoms with Crippen LogP contribution in [0.3, 0.4) is 0 Å². The molecule has 0 aromatic heterocycles. The van der Waals surface area contributed by atoms with Crippen molar-refractivity contribution in [3.05, 3.63) is 0 Å². The molecular formula is C9H15NO5. The number of amides is 1. The highest BCUT2D eigenvalue weighted by molar-refractivity contribution is 5.86. The third-order valence-electron chi connectivity index (χ3n) is 1.72. The first-order valence-corrected chi connectivity index (χ1v) is 4.45. The van der Waals surface area contributed by atoms with Crippen molar-refractivity contribution in [1.29, 1.82) is 0 Å². The molecule has 1 atom stereocenters. The summed E-state index contributed by atoms with van der Waals surface area (Å²) in [5.74, 6) is -1.38. The van der Waals surface area contributed by atoms with Gasteiger partial charge >= 0.3 is 11.9 Å². The zero-order valence-electron chi connectivity index (χ0n) is 9.03. The van der Waals surface area contributed by atoms with E-state index in [-0.39, 0.29) is 12.8 Å². The first-order valence-electron chi connectivity index (χ1n) is 4.45. The lowest BCUT2D eigenvalue weighted by molar-refractivity contribution is -0.145. The Hall–Kier alpha value is -1.59. The topological polar surface area (TPSA) is 81.7 Å². The molecule has 0 aliphatic heterocycles. The maximum absolute atomic E-state index is 11.2. The van der Waals surface area contributed by atoms with E-state index in [1.54, 1.807) is 0 Å². The van der Waals surface area contributed by atoms with Crippen LogP contribution in [0.1, 0.15) is 19.8 Å². The monoisotopic (exact) mass is 217 g/mol. The van der Waals surface area contributed by atoms with Gasteiger partial charge in [0, 0.05) is 6.42 Å². The van der Waals surface area contributed by atoms with Crippen LogP contribution in [-0.4, -0.2) is 38.1 Å². The molecular weight excluding hydrogens is 202 g/mol. The largest absolute Gasteiger partial charge is 0.469 e. The first-order chi connectivity index (χ1) is 7.01. The Bertz CT molecular complexity index is 251. The third-order valence-corrected chi connectivity index (χ3v) is 1.72. The van der Waals surface area contributed by atoms with Gasteiger partial charge in [-0.25, -0.2) is 4.79 Å². The van der Waals surface area contributed by atoms with E-state index in [1.165, 1.54) is 21.1 Å². The SMILES string of the molecule is COC(=O)CCC(=O)N[C@H](C)C(=O)OC. The Morgan fingerprint density at radius 3 is 2.20 bits per heavy atom. The molecule has 0 aliphatic rings. The summed E-state index contributed by atoms with van der Waals surface area (Å²) in [5, 5.41) is 2.39. The number of carbonyl (C=O) groups excluding carboxylic acids is 3. The van der Waals surface area contributed by atoms with Gasteiger partial charge in [0.2, 0.25) is 5.91 Å². The van der Waals surface area contributed by atoms with Crippen molar-refractivity contribution in [2.24, 2.45) is 0 Å². The maximum Gasteiger partial charge on any atom is 0.328 e. The molecule has 0 saturated heterocycles. The zero-order chi connectivity index (χ0) is 11.8. The lowest BCUT2D eigenvalue weighted by Gasteiger charge is -2.10. The predicted molar refractivity (Wildman–Crippen MR) is 50.9 cm³/mol. The number of rotatable bonds is 5. The Labute approximate surface area is 87.9 Å². The van der Waals surface area contributed by atoms with Gasteiger partial charge in [-0.3, -0.25) is 9.59 Å². The lowest BCUT2D eigenvalue weighted by atomic mass is 10.2. The molecule has 1 N–H and O–H groups in total. The number of carbonyl (C=O) groups is 3. The van der Waals surface area contributed by atoms with Crippen LogP contribution in [0.15, 0.2) is 0 Å². The molecule has 0 saturated carbocycles. The van der Waals surface area contributed by atoms with Crippen molar-refractivity contribution in [2.75, 3.05) is 14.2 Å². The van der Waals surface area contributed by atoms with Crippen LogP contribution < -0.4 is 5.32 Å². The van der Waals surface area contributed by atoms with E-state index in [4.69, 9.17) is 0 Å². The van der Waals surface area contributed by atoms with Crippen molar-refractivity contribution >= 4 is 17.8 Å². The second-order valence-corrected chi connectivity index (χ2v) is 2.89. The van der Waals surface area contributed by atoms with E-state index >= 15 is 0 Å². The number of ether oxygens (including phenoxy) is 2. The van der Waals surface area contributed by atoms with Gasteiger partial charge in [0.25, 0.3) is 0 Å². The average Bonchev–Trinajstić information content (AvgIpc) is 2.24. The fraction of sp³-hybridized carbons (Fsp3) is 0.667. The second kappa shape index (κ2) is 6.80. The standard InChI is InChI=1S/C9H15NO5/c1-6(9(13)15-3)10-7(11)4-5-8(12)14-2/h6H,4-5H2,1-3H3,(H,10,11)/t6-/m1/s1. The molecule has 0 aromatic carbocycles. The summed E-state index contributed by atoms with van der Waals surface area (Å²) in [7, 11) is 2.48. The number of hydrogen-bond donors (Lipinski definition) is 1. The van der Waals surface area contributed by atoms with Crippen LogP contribution in [0.5, 0.6) is 0 Å². The first kappa shape index (κ1) is 13.4. The summed E-state index contributed by atoms with van der Waals surface area (Å²) < 4.78 is 8.78. The van der Waals surface area contributed by atoms with Gasteiger partial charge in [-0.2, -0.15) is 0 Å². The Morgan fingerprint density at radius 2 is 1.73 bits per heavy atom. The summed E-state index contributed by atoms with van der Waals surface area (Å²) in [5.41, 5.74) is 0. The number of methoxy groups -OCH3 is 2. The molecule has 0 spiro atoms. The molecule has 86 valence electrons. The van der Waals surface area contributed by atoms with Gasteiger partial charge in [-0.15, -0.1) is 0 Å². The minimum Gasteiger partial charge on any atom is -0.469 e. The van der Waals surface area contributed by atoms with Gasteiger partial charge in [0.05, 0.1) is 20.6 Å². The number of esters is 2. The van der Waals surface area contributed by atoms with E-state index in [0.29, 0.717) is 0 Å². The summed E-state index contributed by atoms with van der Waals surface area (Å²) in [6, 6.07) is -0.708. The molecule has 0 aromatic rings. The fourth-order valence-corrected chi connectivity index (χ4v) is 0.867. The van der Waals surface area contributed by atoms with Crippen molar-refractivity contribution in [2.45, 2.75) is 25.8 Å². The second-order valence-electron chi connectivity index (χ2n) is 2.89. The molecule has 0 fully saturated rings. The van der Waals surface area contributed by atoms with E-state index in [9.17, 15) is 14.4 Å². The Kier molecular flexibility index (Phi) is 6.08. The minimum absolute atomic E-state index is 0.00374. The van der Waals surface area contributed by atoms with Gasteiger partial charge in [-0.1, -0.05) is 0 Å². The molecule has 6 nitrogen and oxygen atoms in total. The molecule has 15 heavy (non-hydrogen) atoms. The molecule has 0 radical (unpaired) electrons. The number of hydrogen-bond acceptors (Lipinski definition) is 5. The van der Waals surface area contributed by atoms with Crippen molar-refractivity contribution in [1.82, 2.24) is 5.32 Å². The van der Waals surface area contributed by atoms with Crippen LogP contribution in [0, 0.1) is 0 Å². The maximum atomic E-state index is 11.2. The predicted octanol–water partition coefficient (Wildman–Crippen LogP) is -0.383. The van der Waals surface area contributed by atoms with Crippen molar-refractivity contribution in [3.63, 3.8) is 0 Å². The van der Waals surface area contributed by atoms with Crippen LogP contribution in [0.2, 0.25) is 0 Å². The van der Waals surface area contributed by atoms with Crippen molar-refractivity contribution < 1.29 is 23.9 Å². The van der Waals surface area contributed by atoms with E-state index in [1.807, 2.05) is 0 Å². The van der Waals surface area contributed by atoms with Gasteiger partial charge in [-0.05, 0) is 6.92 Å². The molecule has 0 rings (SSSR count). The molecule has 0 unspecified atom stereocenters. The number of nitrogens with one attached hydrogen (secondary N) is 1. The fourth-order valence-electron chi connectivity index (χ4n) is 0.867. The normalized spacial score (nSPS) is 11.4. The summed E-state index contributed by atoms with van der Waals surface area (Å²) in [4.78, 5) is 32.8. The van der Waals surface area contributed by atoms with Gasteiger partial charge in [0.15, 0.2) is 0 Å². The minimum atomic E-state index is -0.708. The average molecular weight is 217 g/mol. The molecule has 0 bridgehead atoms. The highest BCUT2D eigenvalue weighted by Gasteiger charge is 2.16. The Morgan fingerprint density at radius 1 is 1.13 bits per heavy atom. The van der Waals surface area contributed by atoms with Crippen molar-refractivity contribution in [3.8, 4) is 0 Å². The summed E-state index contributed by atoms with van der Waals surface area (Å²) in [6.45, 7) is 1.50. The van der Waals surface area contributed by atoms with Gasteiger partial charge in [0.1, 0.15) is 6.04 Å². The molecule has 1 amide bonds. The Balaban J connectivity index is 3.83. The van der Waals surface area contributed by atoms with E-state index in [0.717, 1.165) is 0 Å². The molecule has 0 aliphatic carbocycles. The van der Waals surface area contributed by atoms with E-state index in [2.05, 4.69) is 14.8 Å². The van der Waals surface area contributed by atoms with Gasteiger partial charge < -0.3 is 14.8 Å². The quantitative estimate of drug-likeness (QED) is 0.635. The smallest absolute Gasteiger partial charge is 0.328 e. The zero-order valence-corrected chi connectivity index (χ0v) is 9.03. The van der Waals surface area contributed by atoms with Crippen LogP contribution in [0.25, 0.3) is 0 Å². The molecule has 0 heterocycles. The summed E-state index contributed by atoms with van der Waals surface area (Å²) in [6.07, 6.45) is -0.00969.